The molecule has 0 saturated heterocycles. The Kier molecular flexibility index (Phi) is 5.07. The highest BCUT2D eigenvalue weighted by atomic mass is 35.5. The van der Waals surface area contributed by atoms with Gasteiger partial charge >= 0.3 is 12.0 Å². The van der Waals surface area contributed by atoms with Crippen molar-refractivity contribution >= 4 is 23.6 Å². The lowest BCUT2D eigenvalue weighted by molar-refractivity contribution is -0.137. The van der Waals surface area contributed by atoms with Gasteiger partial charge in [-0.1, -0.05) is 29.8 Å². The molecular weight excluding hydrogens is 292 g/mol. The largest absolute Gasteiger partial charge is 0.481 e. The first-order valence-electron chi connectivity index (χ1n) is 7.00. The van der Waals surface area contributed by atoms with E-state index in [1.165, 1.54) is 0 Å². The Morgan fingerprint density at radius 2 is 2.00 bits per heavy atom. The normalized spacial score (nSPS) is 16.9. The van der Waals surface area contributed by atoms with Crippen LogP contribution in [0.1, 0.15) is 37.8 Å². The van der Waals surface area contributed by atoms with E-state index in [1.54, 1.807) is 6.07 Å². The van der Waals surface area contributed by atoms with E-state index in [2.05, 4.69) is 10.6 Å². The van der Waals surface area contributed by atoms with Crippen LogP contribution in [0.2, 0.25) is 5.02 Å². The Bertz CT molecular complexity index is 531. The number of amides is 2. The second-order valence-electron chi connectivity index (χ2n) is 5.40. The second-order valence-corrected chi connectivity index (χ2v) is 5.81. The Morgan fingerprint density at radius 3 is 2.57 bits per heavy atom. The van der Waals surface area contributed by atoms with Gasteiger partial charge in [-0.05, 0) is 37.3 Å². The molecule has 0 heterocycles. The van der Waals surface area contributed by atoms with Crippen LogP contribution in [-0.2, 0) is 4.79 Å². The van der Waals surface area contributed by atoms with Gasteiger partial charge in [-0.15, -0.1) is 0 Å². The molecule has 1 fully saturated rings. The highest BCUT2D eigenvalue weighted by molar-refractivity contribution is 6.31. The van der Waals surface area contributed by atoms with Gasteiger partial charge in [0.15, 0.2) is 0 Å². The summed E-state index contributed by atoms with van der Waals surface area (Å²) in [5.74, 6) is -0.617. The molecule has 3 N–H and O–H groups in total. The molecule has 1 aromatic carbocycles. The number of carboxylic acids is 1. The van der Waals surface area contributed by atoms with E-state index in [0.29, 0.717) is 5.02 Å². The molecule has 21 heavy (non-hydrogen) atoms. The first-order chi connectivity index (χ1) is 9.97. The first-order valence-corrected chi connectivity index (χ1v) is 7.38. The van der Waals surface area contributed by atoms with E-state index in [-0.39, 0.29) is 30.5 Å². The molecule has 2 atom stereocenters. The summed E-state index contributed by atoms with van der Waals surface area (Å²) in [4.78, 5) is 22.8. The molecule has 2 amide bonds. The molecule has 1 saturated carbocycles. The first kappa shape index (κ1) is 15.6. The number of halogens is 1. The Balaban J connectivity index is 1.91. The molecule has 114 valence electrons. The molecule has 0 aliphatic heterocycles. The summed E-state index contributed by atoms with van der Waals surface area (Å²) in [6, 6.07) is 6.39. The molecule has 1 aliphatic carbocycles. The third kappa shape index (κ3) is 4.63. The van der Waals surface area contributed by atoms with Crippen molar-refractivity contribution < 1.29 is 14.7 Å². The summed E-state index contributed by atoms with van der Waals surface area (Å²) in [6.45, 7) is 1.84. The van der Waals surface area contributed by atoms with Gasteiger partial charge in [0.1, 0.15) is 0 Å². The van der Waals surface area contributed by atoms with Crippen LogP contribution in [0.15, 0.2) is 24.3 Å². The van der Waals surface area contributed by atoms with Crippen molar-refractivity contribution in [3.8, 4) is 0 Å². The molecule has 0 bridgehead atoms. The average molecular weight is 311 g/mol. The number of hydrogen-bond acceptors (Lipinski definition) is 2. The van der Waals surface area contributed by atoms with Gasteiger partial charge < -0.3 is 15.7 Å². The van der Waals surface area contributed by atoms with Crippen LogP contribution in [0.3, 0.4) is 0 Å². The molecule has 1 aromatic rings. The van der Waals surface area contributed by atoms with Gasteiger partial charge in [-0.3, -0.25) is 4.79 Å². The quantitative estimate of drug-likeness (QED) is 0.756. The number of rotatable bonds is 6. The summed E-state index contributed by atoms with van der Waals surface area (Å²) in [6.07, 6.45) is 1.90. The third-order valence-electron chi connectivity index (χ3n) is 3.62. The fourth-order valence-electron chi connectivity index (χ4n) is 2.33. The van der Waals surface area contributed by atoms with Crippen molar-refractivity contribution in [2.75, 3.05) is 0 Å². The number of nitrogens with one attached hydrogen (secondary N) is 2. The van der Waals surface area contributed by atoms with Crippen molar-refractivity contribution in [2.24, 2.45) is 5.92 Å². The van der Waals surface area contributed by atoms with E-state index in [4.69, 9.17) is 16.7 Å². The van der Waals surface area contributed by atoms with Crippen LogP contribution < -0.4 is 10.6 Å². The Hall–Kier alpha value is -1.75. The summed E-state index contributed by atoms with van der Waals surface area (Å²) >= 11 is 6.09. The van der Waals surface area contributed by atoms with Crippen molar-refractivity contribution in [3.05, 3.63) is 34.9 Å². The number of carboxylic acid groups (broad SMARTS) is 1. The van der Waals surface area contributed by atoms with Crippen molar-refractivity contribution in [1.82, 2.24) is 10.6 Å². The van der Waals surface area contributed by atoms with Gasteiger partial charge in [0.25, 0.3) is 0 Å². The van der Waals surface area contributed by atoms with Crippen LogP contribution in [0.4, 0.5) is 4.79 Å². The summed E-state index contributed by atoms with van der Waals surface area (Å²) in [7, 11) is 0. The van der Waals surface area contributed by atoms with Crippen molar-refractivity contribution in [2.45, 2.75) is 38.3 Å². The zero-order chi connectivity index (χ0) is 15.4. The maximum absolute atomic E-state index is 12.0. The fourth-order valence-corrected chi connectivity index (χ4v) is 2.63. The Morgan fingerprint density at radius 1 is 1.33 bits per heavy atom. The van der Waals surface area contributed by atoms with Gasteiger partial charge in [0, 0.05) is 11.1 Å². The number of benzene rings is 1. The molecular formula is C15H19ClN2O3. The zero-order valence-electron chi connectivity index (χ0n) is 11.8. The molecule has 2 unspecified atom stereocenters. The van der Waals surface area contributed by atoms with Gasteiger partial charge in [0.2, 0.25) is 0 Å². The van der Waals surface area contributed by atoms with E-state index >= 15 is 0 Å². The predicted molar refractivity (Wildman–Crippen MR) is 80.3 cm³/mol. The molecule has 2 rings (SSSR count). The monoisotopic (exact) mass is 310 g/mol. The average Bonchev–Trinajstić information content (AvgIpc) is 3.21. The van der Waals surface area contributed by atoms with Crippen LogP contribution in [-0.4, -0.2) is 23.1 Å². The molecule has 0 radical (unpaired) electrons. The van der Waals surface area contributed by atoms with Gasteiger partial charge in [-0.2, -0.15) is 0 Å². The lowest BCUT2D eigenvalue weighted by Crippen LogP contribution is -2.44. The lowest BCUT2D eigenvalue weighted by Gasteiger charge is -2.20. The van der Waals surface area contributed by atoms with Crippen molar-refractivity contribution in [3.63, 3.8) is 0 Å². The summed E-state index contributed by atoms with van der Waals surface area (Å²) in [5, 5.41) is 15.0. The minimum absolute atomic E-state index is 0.0431. The Labute approximate surface area is 128 Å². The SMILES string of the molecule is CC(NC(=O)NC(CC(=O)O)C1CC1)c1ccccc1Cl. The van der Waals surface area contributed by atoms with Crippen LogP contribution in [0.5, 0.6) is 0 Å². The maximum atomic E-state index is 12.0. The molecule has 5 nitrogen and oxygen atoms in total. The van der Waals surface area contributed by atoms with E-state index in [0.717, 1.165) is 18.4 Å². The number of aliphatic carboxylic acids is 1. The van der Waals surface area contributed by atoms with Crippen LogP contribution in [0.25, 0.3) is 0 Å². The van der Waals surface area contributed by atoms with Crippen molar-refractivity contribution in [1.29, 1.82) is 0 Å². The highest BCUT2D eigenvalue weighted by Crippen LogP contribution is 2.34. The van der Waals surface area contributed by atoms with Crippen LogP contribution >= 0.6 is 11.6 Å². The third-order valence-corrected chi connectivity index (χ3v) is 3.97. The number of hydrogen-bond donors (Lipinski definition) is 3. The lowest BCUT2D eigenvalue weighted by atomic mass is 10.1. The van der Waals surface area contributed by atoms with Gasteiger partial charge in [0.05, 0.1) is 12.5 Å². The predicted octanol–water partition coefficient (Wildman–Crippen LogP) is 2.95. The maximum Gasteiger partial charge on any atom is 0.315 e. The van der Waals surface area contributed by atoms with Crippen LogP contribution in [0, 0.1) is 5.92 Å². The topological polar surface area (TPSA) is 78.4 Å². The van der Waals surface area contributed by atoms with E-state index in [9.17, 15) is 9.59 Å². The summed E-state index contributed by atoms with van der Waals surface area (Å²) < 4.78 is 0. The number of urea groups is 1. The minimum Gasteiger partial charge on any atom is -0.481 e. The molecule has 6 heteroatoms. The fraction of sp³-hybridized carbons (Fsp3) is 0.467. The van der Waals surface area contributed by atoms with E-state index in [1.807, 2.05) is 25.1 Å². The molecule has 1 aliphatic rings. The molecule has 0 aromatic heterocycles. The summed E-state index contributed by atoms with van der Waals surface area (Å²) in [5.41, 5.74) is 0.829. The second kappa shape index (κ2) is 6.80. The smallest absolute Gasteiger partial charge is 0.315 e. The van der Waals surface area contributed by atoms with E-state index < -0.39 is 5.97 Å². The number of carbonyl (C=O) groups excluding carboxylic acids is 1. The molecule has 0 spiro atoms. The van der Waals surface area contributed by atoms with Gasteiger partial charge in [-0.25, -0.2) is 4.79 Å². The standard InChI is InChI=1S/C15H19ClN2O3/c1-9(11-4-2-3-5-12(11)16)17-15(21)18-13(8-14(19)20)10-6-7-10/h2-5,9-10,13H,6-8H2,1H3,(H,19,20)(H2,17,18,21). The minimum atomic E-state index is -0.897. The number of carbonyl (C=O) groups is 2. The zero-order valence-corrected chi connectivity index (χ0v) is 12.6. The highest BCUT2D eigenvalue weighted by Gasteiger charge is 2.33.